The van der Waals surface area contributed by atoms with Crippen LogP contribution in [0.3, 0.4) is 0 Å². The maximum Gasteiger partial charge on any atom is 0.229 e. The first-order valence-electron chi connectivity index (χ1n) is 16.8. The van der Waals surface area contributed by atoms with Crippen molar-refractivity contribution < 1.29 is 42.9 Å². The van der Waals surface area contributed by atoms with Gasteiger partial charge in [-0.2, -0.15) is 0 Å². The van der Waals surface area contributed by atoms with Gasteiger partial charge in [-0.05, 0) is 22.8 Å². The standard InChI is InChI=1S/C36H46N4O9/c41-32(14-18-39-34(43)11-12-35(39)44)38-17-20-47-22-24-49-26-25-48-23-21-46-19-15-33(42)37-16-13-36(45)40-27-30-7-2-1-5-28(30)9-10-29-6-3-4-8-31(29)40/h1-10H,11-27H2,(H,37,42)(H,38,41)/b10-9-. The molecule has 2 aromatic rings. The van der Waals surface area contributed by atoms with Crippen molar-refractivity contribution in [2.24, 2.45) is 0 Å². The molecule has 2 aliphatic rings. The minimum atomic E-state index is -0.240. The summed E-state index contributed by atoms with van der Waals surface area (Å²) >= 11 is 0. The molecule has 2 aliphatic heterocycles. The number of likely N-dealkylation sites (tertiary alicyclic amines) is 1. The molecule has 2 N–H and O–H groups in total. The average Bonchev–Trinajstić information content (AvgIpc) is 3.42. The van der Waals surface area contributed by atoms with Gasteiger partial charge in [0.25, 0.3) is 0 Å². The van der Waals surface area contributed by atoms with Crippen LogP contribution in [0.4, 0.5) is 5.69 Å². The SMILES string of the molecule is O=C(CCOCCOCCOCCOCCNC(=O)CCN1C(=O)CCC1=O)NCCC(=O)N1Cc2ccccc2/C=C\c2ccccc21. The average molecular weight is 679 g/mol. The molecule has 5 amide bonds. The minimum Gasteiger partial charge on any atom is -0.379 e. The van der Waals surface area contributed by atoms with Crippen molar-refractivity contribution in [3.63, 3.8) is 0 Å². The summed E-state index contributed by atoms with van der Waals surface area (Å²) in [7, 11) is 0. The van der Waals surface area contributed by atoms with Crippen LogP contribution in [0, 0.1) is 0 Å². The van der Waals surface area contributed by atoms with Crippen LogP contribution in [0.25, 0.3) is 12.2 Å². The highest BCUT2D eigenvalue weighted by Crippen LogP contribution is 2.29. The molecule has 49 heavy (non-hydrogen) atoms. The van der Waals surface area contributed by atoms with Crippen molar-refractivity contribution >= 4 is 47.4 Å². The number of carbonyl (C=O) groups excluding carboxylic acids is 5. The fourth-order valence-electron chi connectivity index (χ4n) is 5.27. The third-order valence-electron chi connectivity index (χ3n) is 7.89. The maximum atomic E-state index is 13.3. The largest absolute Gasteiger partial charge is 0.379 e. The number of para-hydroxylation sites is 1. The lowest BCUT2D eigenvalue weighted by Crippen LogP contribution is -2.35. The molecule has 2 aromatic carbocycles. The number of rotatable bonds is 21. The topological polar surface area (TPSA) is 153 Å². The van der Waals surface area contributed by atoms with E-state index in [1.165, 1.54) is 0 Å². The highest BCUT2D eigenvalue weighted by Gasteiger charge is 2.28. The number of benzene rings is 2. The van der Waals surface area contributed by atoms with E-state index in [1.807, 2.05) is 54.6 Å². The summed E-state index contributed by atoms with van der Waals surface area (Å²) in [4.78, 5) is 63.4. The predicted octanol–water partition coefficient (Wildman–Crippen LogP) is 2.32. The Morgan fingerprint density at radius 3 is 1.88 bits per heavy atom. The molecule has 13 nitrogen and oxygen atoms in total. The monoisotopic (exact) mass is 678 g/mol. The highest BCUT2D eigenvalue weighted by atomic mass is 16.6. The Labute approximate surface area is 286 Å². The summed E-state index contributed by atoms with van der Waals surface area (Å²) < 4.78 is 21.8. The zero-order valence-corrected chi connectivity index (χ0v) is 27.9. The van der Waals surface area contributed by atoms with Crippen molar-refractivity contribution in [3.8, 4) is 0 Å². The quantitative estimate of drug-likeness (QED) is 0.150. The molecule has 264 valence electrons. The first kappa shape index (κ1) is 37.4. The third-order valence-corrected chi connectivity index (χ3v) is 7.89. The predicted molar refractivity (Wildman–Crippen MR) is 182 cm³/mol. The molecular weight excluding hydrogens is 632 g/mol. The number of fused-ring (bicyclic) bond motifs is 2. The molecule has 2 heterocycles. The van der Waals surface area contributed by atoms with E-state index in [0.717, 1.165) is 27.3 Å². The Balaban J connectivity index is 0.943. The lowest BCUT2D eigenvalue weighted by Gasteiger charge is -2.27. The number of hydrogen-bond acceptors (Lipinski definition) is 9. The first-order chi connectivity index (χ1) is 23.9. The highest BCUT2D eigenvalue weighted by molar-refractivity contribution is 6.02. The van der Waals surface area contributed by atoms with Gasteiger partial charge in [0.15, 0.2) is 0 Å². The Kier molecular flexibility index (Phi) is 15.9. The lowest BCUT2D eigenvalue weighted by atomic mass is 10.0. The summed E-state index contributed by atoms with van der Waals surface area (Å²) in [5.41, 5.74) is 3.96. The summed E-state index contributed by atoms with van der Waals surface area (Å²) in [6, 6.07) is 15.8. The van der Waals surface area contributed by atoms with E-state index in [4.69, 9.17) is 18.9 Å². The normalized spacial score (nSPS) is 14.5. The van der Waals surface area contributed by atoms with E-state index in [1.54, 1.807) is 4.90 Å². The Hall–Kier alpha value is -4.43. The molecule has 13 heteroatoms. The number of anilines is 1. The van der Waals surface area contributed by atoms with E-state index >= 15 is 0 Å². The molecule has 0 unspecified atom stereocenters. The number of imide groups is 1. The molecule has 0 saturated carbocycles. The van der Waals surface area contributed by atoms with E-state index < -0.39 is 0 Å². The van der Waals surface area contributed by atoms with Gasteiger partial charge in [0.05, 0.1) is 65.1 Å². The zero-order valence-electron chi connectivity index (χ0n) is 27.9. The fraction of sp³-hybridized carbons (Fsp3) is 0.472. The summed E-state index contributed by atoms with van der Waals surface area (Å²) in [6.45, 7) is 3.94. The second-order valence-corrected chi connectivity index (χ2v) is 11.4. The van der Waals surface area contributed by atoms with Gasteiger partial charge in [-0.15, -0.1) is 0 Å². The van der Waals surface area contributed by atoms with Crippen molar-refractivity contribution in [1.82, 2.24) is 15.5 Å². The summed E-state index contributed by atoms with van der Waals surface area (Å²) in [5, 5.41) is 5.51. The number of nitrogens with one attached hydrogen (secondary N) is 2. The second-order valence-electron chi connectivity index (χ2n) is 11.4. The van der Waals surface area contributed by atoms with Crippen molar-refractivity contribution in [2.45, 2.75) is 38.6 Å². The third kappa shape index (κ3) is 12.8. The van der Waals surface area contributed by atoms with E-state index in [9.17, 15) is 24.0 Å². The minimum absolute atomic E-state index is 0.0611. The van der Waals surface area contributed by atoms with Gasteiger partial charge in [-0.25, -0.2) is 0 Å². The van der Waals surface area contributed by atoms with Gasteiger partial charge < -0.3 is 34.5 Å². The van der Waals surface area contributed by atoms with Crippen LogP contribution in [0.2, 0.25) is 0 Å². The van der Waals surface area contributed by atoms with Crippen molar-refractivity contribution in [3.05, 3.63) is 65.2 Å². The van der Waals surface area contributed by atoms with E-state index in [-0.39, 0.29) is 81.3 Å². The van der Waals surface area contributed by atoms with Gasteiger partial charge in [0, 0.05) is 51.7 Å². The zero-order chi connectivity index (χ0) is 34.7. The Bertz CT molecular complexity index is 1430. The number of hydrogen-bond donors (Lipinski definition) is 2. The second kappa shape index (κ2) is 20.8. The van der Waals surface area contributed by atoms with Crippen LogP contribution in [0.5, 0.6) is 0 Å². The Morgan fingerprint density at radius 1 is 0.612 bits per heavy atom. The molecule has 0 radical (unpaired) electrons. The number of nitrogens with zero attached hydrogens (tertiary/aromatic N) is 2. The maximum absolute atomic E-state index is 13.3. The molecule has 0 aliphatic carbocycles. The molecule has 0 spiro atoms. The van der Waals surface area contributed by atoms with Crippen LogP contribution < -0.4 is 15.5 Å². The van der Waals surface area contributed by atoms with Crippen molar-refractivity contribution in [2.75, 3.05) is 77.4 Å². The Morgan fingerprint density at radius 2 is 1.16 bits per heavy atom. The lowest BCUT2D eigenvalue weighted by molar-refractivity contribution is -0.138. The fourth-order valence-corrected chi connectivity index (χ4v) is 5.27. The van der Waals surface area contributed by atoms with Gasteiger partial charge in [-0.1, -0.05) is 54.6 Å². The molecule has 4 rings (SSSR count). The van der Waals surface area contributed by atoms with E-state index in [2.05, 4.69) is 16.7 Å². The number of ether oxygens (including phenoxy) is 4. The van der Waals surface area contributed by atoms with Gasteiger partial charge in [0.1, 0.15) is 0 Å². The summed E-state index contributed by atoms with van der Waals surface area (Å²) in [5.74, 6) is -0.932. The molecular formula is C36H46N4O9. The van der Waals surface area contributed by atoms with Crippen LogP contribution in [-0.4, -0.2) is 107 Å². The molecule has 0 bridgehead atoms. The van der Waals surface area contributed by atoms with Crippen LogP contribution in [-0.2, 0) is 49.5 Å². The van der Waals surface area contributed by atoms with Gasteiger partial charge in [0.2, 0.25) is 29.5 Å². The molecule has 0 aromatic heterocycles. The van der Waals surface area contributed by atoms with Crippen LogP contribution >= 0.6 is 0 Å². The molecule has 1 saturated heterocycles. The van der Waals surface area contributed by atoms with Gasteiger partial charge >= 0.3 is 0 Å². The number of amides is 5. The van der Waals surface area contributed by atoms with Crippen molar-refractivity contribution in [1.29, 1.82) is 0 Å². The summed E-state index contributed by atoms with van der Waals surface area (Å²) in [6.07, 6.45) is 4.99. The molecule has 1 fully saturated rings. The smallest absolute Gasteiger partial charge is 0.229 e. The molecule has 0 atom stereocenters. The van der Waals surface area contributed by atoms with Gasteiger partial charge in [-0.3, -0.25) is 28.9 Å². The van der Waals surface area contributed by atoms with E-state index in [0.29, 0.717) is 59.3 Å². The van der Waals surface area contributed by atoms with Crippen LogP contribution in [0.15, 0.2) is 48.5 Å². The van der Waals surface area contributed by atoms with Crippen LogP contribution in [0.1, 0.15) is 48.8 Å². The first-order valence-corrected chi connectivity index (χ1v) is 16.8. The number of carbonyl (C=O) groups is 5.